The lowest BCUT2D eigenvalue weighted by Gasteiger charge is -2.18. The summed E-state index contributed by atoms with van der Waals surface area (Å²) in [4.78, 5) is 19.7. The molecule has 1 fully saturated rings. The van der Waals surface area contributed by atoms with Gasteiger partial charge >= 0.3 is 0 Å². The zero-order valence-electron chi connectivity index (χ0n) is 10.5. The first-order valence-corrected chi connectivity index (χ1v) is 6.60. The molecule has 1 aliphatic rings. The summed E-state index contributed by atoms with van der Waals surface area (Å²) in [7, 11) is 0. The highest BCUT2D eigenvalue weighted by molar-refractivity contribution is 5.71. The molecule has 0 spiro atoms. The number of carbonyl (C=O) groups excluding carboxylic acids is 1. The molecule has 0 saturated heterocycles. The Morgan fingerprint density at radius 1 is 1.12 bits per heavy atom. The van der Waals surface area contributed by atoms with Crippen LogP contribution >= 0.6 is 0 Å². The van der Waals surface area contributed by atoms with Crippen molar-refractivity contribution in [1.29, 1.82) is 0 Å². The molecular formula is C14H20N2O. The molecule has 3 heteroatoms. The molecule has 0 unspecified atom stereocenters. The van der Waals surface area contributed by atoms with Crippen LogP contribution in [0, 0.1) is 6.92 Å². The molecule has 0 radical (unpaired) electrons. The molecule has 92 valence electrons. The van der Waals surface area contributed by atoms with Crippen LogP contribution in [0.1, 0.15) is 72.9 Å². The van der Waals surface area contributed by atoms with E-state index in [2.05, 4.69) is 9.97 Å². The van der Waals surface area contributed by atoms with Gasteiger partial charge in [0, 0.05) is 11.6 Å². The summed E-state index contributed by atoms with van der Waals surface area (Å²) in [5.41, 5.74) is 1.42. The minimum atomic E-state index is 0.453. The van der Waals surface area contributed by atoms with Crippen molar-refractivity contribution in [2.75, 3.05) is 0 Å². The molecule has 0 aromatic carbocycles. The van der Waals surface area contributed by atoms with Gasteiger partial charge in [-0.3, -0.25) is 4.79 Å². The molecule has 0 bridgehead atoms. The van der Waals surface area contributed by atoms with Crippen LogP contribution in [0.4, 0.5) is 0 Å². The Morgan fingerprint density at radius 3 is 2.41 bits per heavy atom. The predicted molar refractivity (Wildman–Crippen MR) is 67.2 cm³/mol. The molecule has 0 N–H and O–H groups in total. The number of aromatic nitrogens is 2. The lowest BCUT2D eigenvalue weighted by Crippen LogP contribution is -2.09. The van der Waals surface area contributed by atoms with Crippen LogP contribution in [-0.4, -0.2) is 16.3 Å². The number of nitrogens with zero attached hydrogens (tertiary/aromatic N) is 2. The molecule has 2 rings (SSSR count). The van der Waals surface area contributed by atoms with Crippen molar-refractivity contribution in [3.05, 3.63) is 23.3 Å². The van der Waals surface area contributed by atoms with Crippen molar-refractivity contribution in [3.63, 3.8) is 0 Å². The maximum absolute atomic E-state index is 10.8. The van der Waals surface area contributed by atoms with Crippen molar-refractivity contribution in [1.82, 2.24) is 9.97 Å². The van der Waals surface area contributed by atoms with Gasteiger partial charge in [-0.1, -0.05) is 32.1 Å². The van der Waals surface area contributed by atoms with Gasteiger partial charge in [0.05, 0.1) is 0 Å². The summed E-state index contributed by atoms with van der Waals surface area (Å²) in [6, 6.07) is 1.75. The summed E-state index contributed by atoms with van der Waals surface area (Å²) in [6.07, 6.45) is 9.69. The monoisotopic (exact) mass is 232 g/mol. The largest absolute Gasteiger partial charge is 0.296 e. The smallest absolute Gasteiger partial charge is 0.168 e. The number of aldehydes is 1. The molecule has 3 nitrogen and oxygen atoms in total. The molecule has 1 heterocycles. The highest BCUT2D eigenvalue weighted by Gasteiger charge is 2.17. The van der Waals surface area contributed by atoms with Gasteiger partial charge in [-0.05, 0) is 25.8 Å². The van der Waals surface area contributed by atoms with E-state index in [0.717, 1.165) is 17.8 Å². The second kappa shape index (κ2) is 5.89. The zero-order chi connectivity index (χ0) is 12.1. The van der Waals surface area contributed by atoms with E-state index in [0.29, 0.717) is 11.6 Å². The maximum Gasteiger partial charge on any atom is 0.168 e. The number of hydrogen-bond donors (Lipinski definition) is 0. The van der Waals surface area contributed by atoms with E-state index in [9.17, 15) is 4.79 Å². The Morgan fingerprint density at radius 2 is 1.76 bits per heavy atom. The molecule has 1 aromatic rings. The summed E-state index contributed by atoms with van der Waals surface area (Å²) in [5, 5.41) is 0. The average molecular weight is 232 g/mol. The standard InChI is InChI=1S/C14H20N2O/c1-11-9-13(10-17)16-14(15-11)12-7-5-3-2-4-6-8-12/h9-10,12H,2-8H2,1H3. The van der Waals surface area contributed by atoms with E-state index in [-0.39, 0.29) is 0 Å². The fourth-order valence-electron chi connectivity index (χ4n) is 2.57. The lowest BCUT2D eigenvalue weighted by molar-refractivity contribution is 0.111. The Kier molecular flexibility index (Phi) is 4.24. The minimum absolute atomic E-state index is 0.453. The van der Waals surface area contributed by atoms with Gasteiger partial charge in [-0.15, -0.1) is 0 Å². The highest BCUT2D eigenvalue weighted by atomic mass is 16.1. The third-order valence-corrected chi connectivity index (χ3v) is 3.48. The van der Waals surface area contributed by atoms with Gasteiger partial charge in [0.2, 0.25) is 0 Å². The minimum Gasteiger partial charge on any atom is -0.296 e. The van der Waals surface area contributed by atoms with Gasteiger partial charge in [0.25, 0.3) is 0 Å². The SMILES string of the molecule is Cc1cc(C=O)nc(C2CCCCCCC2)n1. The fraction of sp³-hybridized carbons (Fsp3) is 0.643. The van der Waals surface area contributed by atoms with E-state index in [1.54, 1.807) is 6.07 Å². The molecule has 1 aliphatic carbocycles. The Balaban J connectivity index is 2.18. The first kappa shape index (κ1) is 12.2. The highest BCUT2D eigenvalue weighted by Crippen LogP contribution is 2.28. The molecule has 0 aliphatic heterocycles. The Bertz CT molecular complexity index is 382. The first-order valence-electron chi connectivity index (χ1n) is 6.60. The van der Waals surface area contributed by atoms with E-state index in [4.69, 9.17) is 0 Å². The Hall–Kier alpha value is -1.25. The summed E-state index contributed by atoms with van der Waals surface area (Å²) >= 11 is 0. The summed E-state index contributed by atoms with van der Waals surface area (Å²) < 4.78 is 0. The van der Waals surface area contributed by atoms with E-state index < -0.39 is 0 Å². The van der Waals surface area contributed by atoms with Gasteiger partial charge in [0.15, 0.2) is 6.29 Å². The Labute approximate surface area is 103 Å². The maximum atomic E-state index is 10.8. The van der Waals surface area contributed by atoms with Crippen molar-refractivity contribution in [2.24, 2.45) is 0 Å². The fourth-order valence-corrected chi connectivity index (χ4v) is 2.57. The van der Waals surface area contributed by atoms with Crippen molar-refractivity contribution >= 4 is 6.29 Å². The summed E-state index contributed by atoms with van der Waals surface area (Å²) in [5.74, 6) is 1.34. The zero-order valence-corrected chi connectivity index (χ0v) is 10.5. The number of hydrogen-bond acceptors (Lipinski definition) is 3. The van der Waals surface area contributed by atoms with E-state index in [1.165, 1.54) is 44.9 Å². The molecule has 0 amide bonds. The summed E-state index contributed by atoms with van der Waals surface area (Å²) in [6.45, 7) is 1.93. The second-order valence-corrected chi connectivity index (χ2v) is 4.95. The normalized spacial score (nSPS) is 18.4. The van der Waals surface area contributed by atoms with E-state index in [1.807, 2.05) is 6.92 Å². The number of carbonyl (C=O) groups is 1. The molecular weight excluding hydrogens is 212 g/mol. The van der Waals surface area contributed by atoms with Gasteiger partial charge in [0.1, 0.15) is 11.5 Å². The van der Waals surface area contributed by atoms with Crippen molar-refractivity contribution < 1.29 is 4.79 Å². The molecule has 0 atom stereocenters. The van der Waals surface area contributed by atoms with Crippen LogP contribution in [0.5, 0.6) is 0 Å². The van der Waals surface area contributed by atoms with Crippen LogP contribution < -0.4 is 0 Å². The number of rotatable bonds is 2. The lowest BCUT2D eigenvalue weighted by atomic mass is 9.90. The molecule has 1 saturated carbocycles. The van der Waals surface area contributed by atoms with Crippen molar-refractivity contribution in [2.45, 2.75) is 57.8 Å². The third-order valence-electron chi connectivity index (χ3n) is 3.48. The van der Waals surface area contributed by atoms with Crippen LogP contribution in [0.3, 0.4) is 0 Å². The van der Waals surface area contributed by atoms with Crippen LogP contribution in [0.2, 0.25) is 0 Å². The quantitative estimate of drug-likeness (QED) is 0.734. The second-order valence-electron chi connectivity index (χ2n) is 4.95. The third kappa shape index (κ3) is 3.35. The van der Waals surface area contributed by atoms with Crippen LogP contribution in [-0.2, 0) is 0 Å². The van der Waals surface area contributed by atoms with Crippen LogP contribution in [0.15, 0.2) is 6.07 Å². The van der Waals surface area contributed by atoms with E-state index >= 15 is 0 Å². The van der Waals surface area contributed by atoms with Crippen LogP contribution in [0.25, 0.3) is 0 Å². The topological polar surface area (TPSA) is 42.9 Å². The molecule has 17 heavy (non-hydrogen) atoms. The van der Waals surface area contributed by atoms with Gasteiger partial charge in [-0.25, -0.2) is 9.97 Å². The molecule has 1 aromatic heterocycles. The average Bonchev–Trinajstić information content (AvgIpc) is 2.27. The van der Waals surface area contributed by atoms with Crippen molar-refractivity contribution in [3.8, 4) is 0 Å². The number of aryl methyl sites for hydroxylation is 1. The van der Waals surface area contributed by atoms with Gasteiger partial charge < -0.3 is 0 Å². The first-order chi connectivity index (χ1) is 8.29. The predicted octanol–water partition coefficient (Wildman–Crippen LogP) is 3.43. The van der Waals surface area contributed by atoms with Gasteiger partial charge in [-0.2, -0.15) is 0 Å².